The van der Waals surface area contributed by atoms with E-state index < -0.39 is 11.7 Å². The predicted molar refractivity (Wildman–Crippen MR) is 109 cm³/mol. The Morgan fingerprint density at radius 1 is 1.10 bits per heavy atom. The summed E-state index contributed by atoms with van der Waals surface area (Å²) < 4.78 is 6.88. The minimum atomic E-state index is -0.599. The van der Waals surface area contributed by atoms with Gasteiger partial charge in [0.1, 0.15) is 5.60 Å². The van der Waals surface area contributed by atoms with Crippen LogP contribution in [-0.2, 0) is 11.3 Å². The molecule has 3 rings (SSSR count). The molecule has 8 nitrogen and oxygen atoms in total. The van der Waals surface area contributed by atoms with Gasteiger partial charge in [-0.1, -0.05) is 6.07 Å². The second-order valence-electron chi connectivity index (χ2n) is 7.36. The summed E-state index contributed by atoms with van der Waals surface area (Å²) in [6, 6.07) is 12.2. The fraction of sp³-hybridized carbons (Fsp3) is 0.238. The molecule has 0 saturated heterocycles. The molecule has 8 heteroatoms. The molecule has 0 aliphatic heterocycles. The maximum absolute atomic E-state index is 12.5. The molecule has 0 fully saturated rings. The van der Waals surface area contributed by atoms with Gasteiger partial charge in [0.2, 0.25) is 0 Å². The first-order chi connectivity index (χ1) is 13.8. The second-order valence-corrected chi connectivity index (χ2v) is 7.36. The summed E-state index contributed by atoms with van der Waals surface area (Å²) in [6.07, 6.45) is 4.57. The number of pyridine rings is 1. The van der Waals surface area contributed by atoms with Crippen molar-refractivity contribution >= 4 is 17.7 Å². The van der Waals surface area contributed by atoms with Crippen LogP contribution in [0.25, 0.3) is 5.82 Å². The minimum Gasteiger partial charge on any atom is -0.444 e. The van der Waals surface area contributed by atoms with Crippen LogP contribution in [0, 0.1) is 0 Å². The monoisotopic (exact) mass is 393 g/mol. The Balaban J connectivity index is 1.61. The fourth-order valence-corrected chi connectivity index (χ4v) is 2.54. The number of carbonyl (C=O) groups excluding carboxylic acids is 2. The molecule has 1 aromatic carbocycles. The summed E-state index contributed by atoms with van der Waals surface area (Å²) >= 11 is 0. The number of nitrogens with one attached hydrogen (secondary N) is 2. The van der Waals surface area contributed by atoms with Crippen LogP contribution in [-0.4, -0.2) is 32.4 Å². The van der Waals surface area contributed by atoms with Crippen molar-refractivity contribution in [2.24, 2.45) is 0 Å². The Bertz CT molecular complexity index is 994. The average molecular weight is 393 g/mol. The lowest BCUT2D eigenvalue weighted by molar-refractivity contribution is 0.0635. The Hall–Kier alpha value is -3.68. The molecule has 0 radical (unpaired) electrons. The molecule has 0 atom stereocenters. The third-order valence-electron chi connectivity index (χ3n) is 3.77. The highest BCUT2D eigenvalue weighted by Crippen LogP contribution is 2.14. The van der Waals surface area contributed by atoms with E-state index in [4.69, 9.17) is 4.74 Å². The maximum atomic E-state index is 12.5. The van der Waals surface area contributed by atoms with E-state index in [0.29, 0.717) is 23.6 Å². The molecule has 0 spiro atoms. The normalized spacial score (nSPS) is 11.0. The van der Waals surface area contributed by atoms with E-state index >= 15 is 0 Å². The van der Waals surface area contributed by atoms with E-state index in [9.17, 15) is 9.59 Å². The van der Waals surface area contributed by atoms with Crippen LogP contribution < -0.4 is 10.6 Å². The second kappa shape index (κ2) is 8.55. The Morgan fingerprint density at radius 3 is 2.66 bits per heavy atom. The first-order valence-corrected chi connectivity index (χ1v) is 9.13. The van der Waals surface area contributed by atoms with Crippen molar-refractivity contribution in [3.8, 4) is 5.82 Å². The van der Waals surface area contributed by atoms with Crippen molar-refractivity contribution in [1.82, 2.24) is 20.1 Å². The number of hydrogen-bond donors (Lipinski definition) is 2. The van der Waals surface area contributed by atoms with Gasteiger partial charge >= 0.3 is 6.09 Å². The van der Waals surface area contributed by atoms with Crippen LogP contribution in [0.1, 0.15) is 36.7 Å². The zero-order valence-corrected chi connectivity index (χ0v) is 16.5. The smallest absolute Gasteiger partial charge is 0.412 e. The average Bonchev–Trinajstić information content (AvgIpc) is 3.20. The van der Waals surface area contributed by atoms with Crippen molar-refractivity contribution in [1.29, 1.82) is 0 Å². The summed E-state index contributed by atoms with van der Waals surface area (Å²) in [5, 5.41) is 9.65. The van der Waals surface area contributed by atoms with E-state index in [-0.39, 0.29) is 5.91 Å². The molecule has 0 aliphatic rings. The lowest BCUT2D eigenvalue weighted by atomic mass is 10.1. The maximum Gasteiger partial charge on any atom is 0.412 e. The summed E-state index contributed by atoms with van der Waals surface area (Å²) in [7, 11) is 0. The van der Waals surface area contributed by atoms with E-state index in [2.05, 4.69) is 20.7 Å². The van der Waals surface area contributed by atoms with Crippen molar-refractivity contribution in [3.05, 3.63) is 72.2 Å². The minimum absolute atomic E-state index is 0.254. The molecule has 2 amide bonds. The molecular weight excluding hydrogens is 370 g/mol. The lowest BCUT2D eigenvalue weighted by Gasteiger charge is -2.19. The standard InChI is InChI=1S/C21H23N5O3/c1-21(2,3)29-20(28)25-17-7-4-6-16(13-17)19(27)23-14-15-8-10-22-18(12-15)26-11-5-9-24-26/h4-13H,14H2,1-3H3,(H,23,27)(H,25,28). The van der Waals surface area contributed by atoms with Gasteiger partial charge in [-0.2, -0.15) is 5.10 Å². The molecule has 2 heterocycles. The van der Waals surface area contributed by atoms with Gasteiger partial charge in [0.15, 0.2) is 5.82 Å². The van der Waals surface area contributed by atoms with E-state index in [1.165, 1.54) is 0 Å². The Morgan fingerprint density at radius 2 is 1.93 bits per heavy atom. The number of hydrogen-bond acceptors (Lipinski definition) is 5. The van der Waals surface area contributed by atoms with Crippen LogP contribution in [0.15, 0.2) is 61.1 Å². The molecule has 29 heavy (non-hydrogen) atoms. The van der Waals surface area contributed by atoms with E-state index in [1.54, 1.807) is 68.3 Å². The number of rotatable bonds is 5. The quantitative estimate of drug-likeness (QED) is 0.691. The highest BCUT2D eigenvalue weighted by Gasteiger charge is 2.16. The van der Waals surface area contributed by atoms with Gasteiger partial charge in [-0.05, 0) is 62.7 Å². The molecular formula is C21H23N5O3. The summed E-state index contributed by atoms with van der Waals surface area (Å²) in [6.45, 7) is 5.69. The number of nitrogens with zero attached hydrogens (tertiary/aromatic N) is 3. The molecule has 0 unspecified atom stereocenters. The number of ether oxygens (including phenoxy) is 1. The van der Waals surface area contributed by atoms with Gasteiger partial charge in [-0.15, -0.1) is 0 Å². The SMILES string of the molecule is CC(C)(C)OC(=O)Nc1cccc(C(=O)NCc2ccnc(-n3cccn3)c2)c1. The molecule has 2 aromatic heterocycles. The van der Waals surface area contributed by atoms with Gasteiger partial charge in [0.05, 0.1) is 0 Å². The van der Waals surface area contributed by atoms with Gasteiger partial charge in [-0.25, -0.2) is 14.5 Å². The zero-order chi connectivity index (χ0) is 20.9. The van der Waals surface area contributed by atoms with Gasteiger partial charge in [0, 0.05) is 36.4 Å². The molecule has 0 saturated carbocycles. The molecule has 0 bridgehead atoms. The Kier molecular flexibility index (Phi) is 5.92. The summed E-state index contributed by atoms with van der Waals surface area (Å²) in [5.41, 5.74) is 1.21. The number of anilines is 1. The third-order valence-corrected chi connectivity index (χ3v) is 3.77. The number of carbonyl (C=O) groups is 2. The highest BCUT2D eigenvalue weighted by molar-refractivity contribution is 5.96. The van der Waals surface area contributed by atoms with Gasteiger partial charge < -0.3 is 10.1 Å². The summed E-state index contributed by atoms with van der Waals surface area (Å²) in [4.78, 5) is 28.7. The lowest BCUT2D eigenvalue weighted by Crippen LogP contribution is -2.27. The summed E-state index contributed by atoms with van der Waals surface area (Å²) in [5.74, 6) is 0.417. The highest BCUT2D eigenvalue weighted by atomic mass is 16.6. The number of amides is 2. The fourth-order valence-electron chi connectivity index (χ4n) is 2.54. The predicted octanol–water partition coefficient (Wildman–Crippen LogP) is 3.54. The van der Waals surface area contributed by atoms with Crippen molar-refractivity contribution in [3.63, 3.8) is 0 Å². The Labute approximate surface area is 168 Å². The van der Waals surface area contributed by atoms with Crippen LogP contribution in [0.4, 0.5) is 10.5 Å². The first kappa shape index (κ1) is 20.1. The van der Waals surface area contributed by atoms with Crippen molar-refractivity contribution in [2.75, 3.05) is 5.32 Å². The largest absolute Gasteiger partial charge is 0.444 e. The zero-order valence-electron chi connectivity index (χ0n) is 16.5. The molecule has 2 N–H and O–H groups in total. The third kappa shape index (κ3) is 5.90. The van der Waals surface area contributed by atoms with Crippen LogP contribution in [0.5, 0.6) is 0 Å². The topological polar surface area (TPSA) is 98.1 Å². The van der Waals surface area contributed by atoms with Crippen molar-refractivity contribution in [2.45, 2.75) is 32.9 Å². The van der Waals surface area contributed by atoms with Gasteiger partial charge in [-0.3, -0.25) is 10.1 Å². The molecule has 0 aliphatic carbocycles. The van der Waals surface area contributed by atoms with E-state index in [1.807, 2.05) is 18.2 Å². The van der Waals surface area contributed by atoms with Crippen LogP contribution in [0.2, 0.25) is 0 Å². The molecule has 3 aromatic rings. The van der Waals surface area contributed by atoms with Crippen LogP contribution in [0.3, 0.4) is 0 Å². The van der Waals surface area contributed by atoms with Crippen LogP contribution >= 0.6 is 0 Å². The number of aromatic nitrogens is 3. The molecule has 150 valence electrons. The first-order valence-electron chi connectivity index (χ1n) is 9.13. The number of benzene rings is 1. The van der Waals surface area contributed by atoms with Crippen molar-refractivity contribution < 1.29 is 14.3 Å². The van der Waals surface area contributed by atoms with Gasteiger partial charge in [0.25, 0.3) is 5.91 Å². The van der Waals surface area contributed by atoms with E-state index in [0.717, 1.165) is 5.56 Å².